The first kappa shape index (κ1) is 14.8. The van der Waals surface area contributed by atoms with E-state index < -0.39 is 0 Å². The van der Waals surface area contributed by atoms with Gasteiger partial charge in [-0.15, -0.1) is 11.3 Å². The monoisotopic (exact) mass is 282 g/mol. The molecule has 1 saturated heterocycles. The normalized spacial score (nSPS) is 17.0. The van der Waals surface area contributed by atoms with Gasteiger partial charge in [-0.1, -0.05) is 19.8 Å². The lowest BCUT2D eigenvalue weighted by molar-refractivity contribution is 0.257. The van der Waals surface area contributed by atoms with Gasteiger partial charge in [0.25, 0.3) is 0 Å². The average Bonchev–Trinajstić information content (AvgIpc) is 2.97. The van der Waals surface area contributed by atoms with Crippen molar-refractivity contribution in [2.45, 2.75) is 26.2 Å². The second kappa shape index (κ2) is 8.51. The smallest absolute Gasteiger partial charge is 0.185 e. The first-order valence-electron chi connectivity index (χ1n) is 7.47. The molecule has 1 aliphatic heterocycles. The molecule has 0 amide bonds. The number of nitrogens with one attached hydrogen (secondary N) is 1. The molecule has 108 valence electrons. The summed E-state index contributed by atoms with van der Waals surface area (Å²) in [5.74, 6) is 0. The molecule has 1 fully saturated rings. The third kappa shape index (κ3) is 5.09. The molecule has 2 rings (SSSR count). The molecule has 1 aromatic rings. The van der Waals surface area contributed by atoms with Crippen LogP contribution in [-0.4, -0.2) is 55.7 Å². The zero-order valence-electron chi connectivity index (χ0n) is 12.0. The highest BCUT2D eigenvalue weighted by Gasteiger charge is 2.17. The maximum Gasteiger partial charge on any atom is 0.185 e. The molecule has 0 radical (unpaired) electrons. The fraction of sp³-hybridized carbons (Fsp3) is 0.786. The maximum atomic E-state index is 4.38. The van der Waals surface area contributed by atoms with Crippen molar-refractivity contribution in [3.05, 3.63) is 11.6 Å². The van der Waals surface area contributed by atoms with Gasteiger partial charge in [0.2, 0.25) is 0 Å². The van der Waals surface area contributed by atoms with Crippen molar-refractivity contribution >= 4 is 16.5 Å². The number of rotatable bonds is 8. The van der Waals surface area contributed by atoms with Crippen LogP contribution in [0.2, 0.25) is 0 Å². The van der Waals surface area contributed by atoms with E-state index in [-0.39, 0.29) is 0 Å². The lowest BCUT2D eigenvalue weighted by Gasteiger charge is -2.34. The van der Waals surface area contributed by atoms with Gasteiger partial charge < -0.3 is 10.2 Å². The quantitative estimate of drug-likeness (QED) is 0.740. The second-order valence-electron chi connectivity index (χ2n) is 5.10. The van der Waals surface area contributed by atoms with E-state index >= 15 is 0 Å². The first-order chi connectivity index (χ1) is 9.40. The molecule has 4 nitrogen and oxygen atoms in total. The van der Waals surface area contributed by atoms with Crippen LogP contribution in [0, 0.1) is 0 Å². The van der Waals surface area contributed by atoms with E-state index in [1.165, 1.54) is 37.5 Å². The maximum absolute atomic E-state index is 4.38. The summed E-state index contributed by atoms with van der Waals surface area (Å²) >= 11 is 1.74. The van der Waals surface area contributed by atoms with Crippen molar-refractivity contribution in [2.75, 3.05) is 50.7 Å². The number of piperazine rings is 1. The topological polar surface area (TPSA) is 31.4 Å². The fourth-order valence-corrected chi connectivity index (χ4v) is 3.09. The Morgan fingerprint density at radius 2 is 2.05 bits per heavy atom. The van der Waals surface area contributed by atoms with E-state index in [1.807, 2.05) is 6.20 Å². The molecular weight excluding hydrogens is 256 g/mol. The van der Waals surface area contributed by atoms with Crippen LogP contribution in [0.1, 0.15) is 26.2 Å². The van der Waals surface area contributed by atoms with E-state index in [0.717, 1.165) is 32.7 Å². The van der Waals surface area contributed by atoms with Crippen LogP contribution in [0.3, 0.4) is 0 Å². The second-order valence-corrected chi connectivity index (χ2v) is 5.97. The summed E-state index contributed by atoms with van der Waals surface area (Å²) in [5.41, 5.74) is 0. The predicted molar refractivity (Wildman–Crippen MR) is 83.2 cm³/mol. The summed E-state index contributed by atoms with van der Waals surface area (Å²) in [5, 5.41) is 6.78. The molecule has 19 heavy (non-hydrogen) atoms. The number of hydrogen-bond donors (Lipinski definition) is 1. The molecule has 1 aliphatic rings. The molecule has 0 bridgehead atoms. The van der Waals surface area contributed by atoms with Crippen molar-refractivity contribution in [3.63, 3.8) is 0 Å². The summed E-state index contributed by atoms with van der Waals surface area (Å²) in [4.78, 5) is 9.33. The SMILES string of the molecule is CCCCCNCCN1CCN(c2nccs2)CC1. The third-order valence-electron chi connectivity index (χ3n) is 3.62. The predicted octanol–water partition coefficient (Wildman–Crippen LogP) is 2.04. The number of hydrogen-bond acceptors (Lipinski definition) is 5. The molecule has 0 spiro atoms. The Balaban J connectivity index is 1.54. The Labute approximate surface area is 120 Å². The standard InChI is InChI=1S/C14H26N4S/c1-2-3-4-5-15-6-8-17-9-11-18(12-10-17)14-16-7-13-19-14/h7,13,15H,2-6,8-12H2,1H3. The van der Waals surface area contributed by atoms with Crippen LogP contribution in [0.5, 0.6) is 0 Å². The van der Waals surface area contributed by atoms with Gasteiger partial charge in [-0.3, -0.25) is 4.90 Å². The molecular formula is C14H26N4S. The summed E-state index contributed by atoms with van der Waals surface area (Å²) in [6, 6.07) is 0. The minimum Gasteiger partial charge on any atom is -0.346 e. The van der Waals surface area contributed by atoms with Gasteiger partial charge in [-0.2, -0.15) is 0 Å². The molecule has 1 aromatic heterocycles. The van der Waals surface area contributed by atoms with Crippen LogP contribution in [-0.2, 0) is 0 Å². The molecule has 0 unspecified atom stereocenters. The van der Waals surface area contributed by atoms with Crippen molar-refractivity contribution in [1.29, 1.82) is 0 Å². The Kier molecular flexibility index (Phi) is 6.61. The van der Waals surface area contributed by atoms with Gasteiger partial charge in [-0.05, 0) is 13.0 Å². The van der Waals surface area contributed by atoms with E-state index in [9.17, 15) is 0 Å². The van der Waals surface area contributed by atoms with Crippen LogP contribution in [0.25, 0.3) is 0 Å². The number of unbranched alkanes of at least 4 members (excludes halogenated alkanes) is 2. The molecule has 1 N–H and O–H groups in total. The van der Waals surface area contributed by atoms with E-state index in [0.29, 0.717) is 0 Å². The molecule has 0 aromatic carbocycles. The van der Waals surface area contributed by atoms with Crippen molar-refractivity contribution in [1.82, 2.24) is 15.2 Å². The van der Waals surface area contributed by atoms with Crippen LogP contribution in [0.4, 0.5) is 5.13 Å². The highest BCUT2D eigenvalue weighted by molar-refractivity contribution is 7.13. The van der Waals surface area contributed by atoms with Gasteiger partial charge in [-0.25, -0.2) is 4.98 Å². The minimum absolute atomic E-state index is 1.11. The number of nitrogens with zero attached hydrogens (tertiary/aromatic N) is 3. The number of thiazole rings is 1. The van der Waals surface area contributed by atoms with Crippen molar-refractivity contribution in [2.24, 2.45) is 0 Å². The van der Waals surface area contributed by atoms with E-state index in [2.05, 4.69) is 32.4 Å². The lowest BCUT2D eigenvalue weighted by atomic mass is 10.2. The summed E-state index contributed by atoms with van der Waals surface area (Å²) in [6.45, 7) is 10.3. The van der Waals surface area contributed by atoms with Gasteiger partial charge in [0.05, 0.1) is 0 Å². The summed E-state index contributed by atoms with van der Waals surface area (Å²) < 4.78 is 0. The van der Waals surface area contributed by atoms with Gasteiger partial charge >= 0.3 is 0 Å². The zero-order chi connectivity index (χ0) is 13.3. The summed E-state index contributed by atoms with van der Waals surface area (Å²) in [7, 11) is 0. The van der Waals surface area contributed by atoms with Crippen LogP contribution in [0.15, 0.2) is 11.6 Å². The molecule has 0 saturated carbocycles. The Morgan fingerprint density at radius 3 is 2.74 bits per heavy atom. The lowest BCUT2D eigenvalue weighted by Crippen LogP contribution is -2.48. The molecule has 0 aliphatic carbocycles. The average molecular weight is 282 g/mol. The van der Waals surface area contributed by atoms with Gasteiger partial charge in [0, 0.05) is 50.8 Å². The third-order valence-corrected chi connectivity index (χ3v) is 4.46. The van der Waals surface area contributed by atoms with Crippen molar-refractivity contribution < 1.29 is 0 Å². The minimum atomic E-state index is 1.11. The van der Waals surface area contributed by atoms with Gasteiger partial charge in [0.1, 0.15) is 0 Å². The number of anilines is 1. The largest absolute Gasteiger partial charge is 0.346 e. The molecule has 5 heteroatoms. The van der Waals surface area contributed by atoms with Crippen LogP contribution < -0.4 is 10.2 Å². The summed E-state index contributed by atoms with van der Waals surface area (Å²) in [6.07, 6.45) is 5.86. The van der Waals surface area contributed by atoms with Crippen molar-refractivity contribution in [3.8, 4) is 0 Å². The Hall–Kier alpha value is -0.650. The van der Waals surface area contributed by atoms with E-state index in [4.69, 9.17) is 0 Å². The molecule has 2 heterocycles. The zero-order valence-corrected chi connectivity index (χ0v) is 12.8. The van der Waals surface area contributed by atoms with Crippen LogP contribution >= 0.6 is 11.3 Å². The molecule has 0 atom stereocenters. The highest BCUT2D eigenvalue weighted by atomic mass is 32.1. The fourth-order valence-electron chi connectivity index (χ4n) is 2.40. The Bertz CT molecular complexity index is 320. The number of aromatic nitrogens is 1. The first-order valence-corrected chi connectivity index (χ1v) is 8.35. The Morgan fingerprint density at radius 1 is 1.21 bits per heavy atom. The van der Waals surface area contributed by atoms with E-state index in [1.54, 1.807) is 11.3 Å². The van der Waals surface area contributed by atoms with Gasteiger partial charge in [0.15, 0.2) is 5.13 Å². The highest BCUT2D eigenvalue weighted by Crippen LogP contribution is 2.18.